The van der Waals surface area contributed by atoms with Gasteiger partial charge in [-0.05, 0) is 24.1 Å². The van der Waals surface area contributed by atoms with E-state index in [1.54, 1.807) is 10.8 Å². The van der Waals surface area contributed by atoms with Gasteiger partial charge in [0.2, 0.25) is 0 Å². The highest BCUT2D eigenvalue weighted by Gasteiger charge is 2.12. The third-order valence-corrected chi connectivity index (χ3v) is 2.89. The van der Waals surface area contributed by atoms with Crippen LogP contribution in [-0.2, 0) is 6.54 Å². The number of halogens is 1. The average molecular weight is 250 g/mol. The molecule has 0 amide bonds. The third kappa shape index (κ3) is 2.50. The maximum Gasteiger partial charge on any atom is 0.352 e. The molecule has 0 aliphatic rings. The van der Waals surface area contributed by atoms with Crippen LogP contribution in [0, 0.1) is 6.92 Å². The van der Waals surface area contributed by atoms with Crippen LogP contribution in [0.15, 0.2) is 36.5 Å². The molecule has 0 saturated carbocycles. The number of carbonyl (C=O) groups is 1. The lowest BCUT2D eigenvalue weighted by molar-refractivity contribution is 0.0685. The third-order valence-electron chi connectivity index (χ3n) is 2.68. The molecule has 1 aromatic heterocycles. The van der Waals surface area contributed by atoms with E-state index in [4.69, 9.17) is 16.7 Å². The molecular weight excluding hydrogens is 238 g/mol. The summed E-state index contributed by atoms with van der Waals surface area (Å²) >= 11 is 5.83. The van der Waals surface area contributed by atoms with Crippen LogP contribution < -0.4 is 0 Å². The molecule has 1 N–H and O–H groups in total. The second-order valence-electron chi connectivity index (χ2n) is 3.90. The number of nitrogens with zero attached hydrogens (tertiary/aromatic N) is 1. The molecule has 4 heteroatoms. The molecule has 0 radical (unpaired) electrons. The van der Waals surface area contributed by atoms with Crippen molar-refractivity contribution in [3.63, 3.8) is 0 Å². The second kappa shape index (κ2) is 4.63. The summed E-state index contributed by atoms with van der Waals surface area (Å²) in [6.07, 6.45) is 1.64. The Morgan fingerprint density at radius 2 is 2.12 bits per heavy atom. The topological polar surface area (TPSA) is 42.2 Å². The minimum atomic E-state index is -0.967. The average Bonchev–Trinajstić information content (AvgIpc) is 2.63. The van der Waals surface area contributed by atoms with Gasteiger partial charge in [-0.3, -0.25) is 0 Å². The maximum absolute atomic E-state index is 11.0. The highest BCUT2D eigenvalue weighted by molar-refractivity contribution is 6.30. The molecule has 0 aliphatic carbocycles. The molecule has 3 nitrogen and oxygen atoms in total. The van der Waals surface area contributed by atoms with Gasteiger partial charge in [0.25, 0.3) is 0 Å². The van der Waals surface area contributed by atoms with Crippen molar-refractivity contribution in [2.75, 3.05) is 0 Å². The predicted octanol–water partition coefficient (Wildman–Crippen LogP) is 3.20. The van der Waals surface area contributed by atoms with Gasteiger partial charge in [0.15, 0.2) is 0 Å². The lowest BCUT2D eigenvalue weighted by atomic mass is 10.1. The lowest BCUT2D eigenvalue weighted by Crippen LogP contribution is -2.09. The van der Waals surface area contributed by atoms with Crippen LogP contribution in [0.3, 0.4) is 0 Å². The number of aromatic nitrogens is 1. The van der Waals surface area contributed by atoms with Gasteiger partial charge in [-0.25, -0.2) is 4.79 Å². The van der Waals surface area contributed by atoms with Gasteiger partial charge in [-0.2, -0.15) is 0 Å². The van der Waals surface area contributed by atoms with E-state index in [2.05, 4.69) is 0 Å². The Balaban J connectivity index is 2.36. The zero-order valence-electron chi connectivity index (χ0n) is 9.35. The fourth-order valence-electron chi connectivity index (χ4n) is 1.76. The molecule has 0 bridgehead atoms. The summed E-state index contributed by atoms with van der Waals surface area (Å²) in [7, 11) is 0. The predicted molar refractivity (Wildman–Crippen MR) is 66.7 cm³/mol. The zero-order valence-corrected chi connectivity index (χ0v) is 10.1. The summed E-state index contributed by atoms with van der Waals surface area (Å²) in [4.78, 5) is 11.0. The SMILES string of the molecule is Cc1ccccc1Cn1cc(Cl)cc1C(=O)O. The standard InChI is InChI=1S/C13H12ClNO2/c1-9-4-2-3-5-10(9)7-15-8-11(14)6-12(15)13(16)17/h2-6,8H,7H2,1H3,(H,16,17). The number of carboxylic acid groups (broad SMARTS) is 1. The first-order chi connectivity index (χ1) is 8.08. The van der Waals surface area contributed by atoms with Crippen molar-refractivity contribution in [2.24, 2.45) is 0 Å². The summed E-state index contributed by atoms with van der Waals surface area (Å²) in [5, 5.41) is 9.49. The van der Waals surface area contributed by atoms with Crippen molar-refractivity contribution in [1.82, 2.24) is 4.57 Å². The molecule has 1 heterocycles. The number of rotatable bonds is 3. The van der Waals surface area contributed by atoms with Crippen LogP contribution in [0.4, 0.5) is 0 Å². The highest BCUT2D eigenvalue weighted by Crippen LogP contribution is 2.17. The van der Waals surface area contributed by atoms with Gasteiger partial charge < -0.3 is 9.67 Å². The van der Waals surface area contributed by atoms with E-state index in [0.29, 0.717) is 11.6 Å². The fraction of sp³-hybridized carbons (Fsp3) is 0.154. The van der Waals surface area contributed by atoms with Crippen molar-refractivity contribution in [3.05, 3.63) is 58.4 Å². The molecule has 1 aromatic carbocycles. The van der Waals surface area contributed by atoms with Gasteiger partial charge in [0, 0.05) is 12.7 Å². The van der Waals surface area contributed by atoms with E-state index < -0.39 is 5.97 Å². The summed E-state index contributed by atoms with van der Waals surface area (Å²) in [6.45, 7) is 2.52. The van der Waals surface area contributed by atoms with Crippen molar-refractivity contribution >= 4 is 17.6 Å². The van der Waals surface area contributed by atoms with Gasteiger partial charge >= 0.3 is 5.97 Å². The monoisotopic (exact) mass is 249 g/mol. The zero-order chi connectivity index (χ0) is 12.4. The minimum absolute atomic E-state index is 0.207. The van der Waals surface area contributed by atoms with Crippen molar-refractivity contribution < 1.29 is 9.90 Å². The Hall–Kier alpha value is -1.74. The number of hydrogen-bond donors (Lipinski definition) is 1. The fourth-order valence-corrected chi connectivity index (χ4v) is 1.98. The van der Waals surface area contributed by atoms with Crippen LogP contribution in [-0.4, -0.2) is 15.6 Å². The molecule has 0 atom stereocenters. The number of carboxylic acids is 1. The molecular formula is C13H12ClNO2. The first-order valence-corrected chi connectivity index (χ1v) is 5.59. The Kier molecular flexibility index (Phi) is 3.20. The minimum Gasteiger partial charge on any atom is -0.477 e. The summed E-state index contributed by atoms with van der Waals surface area (Å²) in [5.41, 5.74) is 2.43. The molecule has 2 rings (SSSR count). The van der Waals surface area contributed by atoms with Crippen molar-refractivity contribution in [3.8, 4) is 0 Å². The van der Waals surface area contributed by atoms with E-state index in [-0.39, 0.29) is 5.69 Å². The first-order valence-electron chi connectivity index (χ1n) is 5.21. The van der Waals surface area contributed by atoms with Crippen LogP contribution in [0.1, 0.15) is 21.6 Å². The molecule has 0 aliphatic heterocycles. The highest BCUT2D eigenvalue weighted by atomic mass is 35.5. The van der Waals surface area contributed by atoms with Gasteiger partial charge in [-0.15, -0.1) is 0 Å². The summed E-state index contributed by atoms with van der Waals surface area (Å²) in [6, 6.07) is 9.34. The molecule has 88 valence electrons. The van der Waals surface area contributed by atoms with E-state index >= 15 is 0 Å². The molecule has 2 aromatic rings. The van der Waals surface area contributed by atoms with E-state index in [0.717, 1.165) is 11.1 Å². The van der Waals surface area contributed by atoms with Crippen LogP contribution in [0.25, 0.3) is 0 Å². The quantitative estimate of drug-likeness (QED) is 0.908. The Morgan fingerprint density at radius 3 is 2.76 bits per heavy atom. The Bertz CT molecular complexity index is 560. The molecule has 0 saturated heterocycles. The summed E-state index contributed by atoms with van der Waals surface area (Å²) in [5.74, 6) is -0.967. The second-order valence-corrected chi connectivity index (χ2v) is 4.34. The Morgan fingerprint density at radius 1 is 1.41 bits per heavy atom. The van der Waals surface area contributed by atoms with Crippen molar-refractivity contribution in [1.29, 1.82) is 0 Å². The Labute approximate surface area is 104 Å². The van der Waals surface area contributed by atoms with Crippen LogP contribution in [0.2, 0.25) is 5.02 Å². The maximum atomic E-state index is 11.0. The summed E-state index contributed by atoms with van der Waals surface area (Å²) < 4.78 is 1.65. The number of benzene rings is 1. The molecule has 17 heavy (non-hydrogen) atoms. The van der Waals surface area contributed by atoms with Gasteiger partial charge in [0.1, 0.15) is 5.69 Å². The smallest absolute Gasteiger partial charge is 0.352 e. The largest absolute Gasteiger partial charge is 0.477 e. The number of aromatic carboxylic acids is 1. The normalized spacial score (nSPS) is 10.5. The van der Waals surface area contributed by atoms with E-state index in [9.17, 15) is 4.79 Å². The van der Waals surface area contributed by atoms with Crippen LogP contribution >= 0.6 is 11.6 Å². The number of hydrogen-bond acceptors (Lipinski definition) is 1. The number of aryl methyl sites for hydroxylation is 1. The molecule has 0 fully saturated rings. The first kappa shape index (κ1) is 11.7. The molecule has 0 unspecified atom stereocenters. The lowest BCUT2D eigenvalue weighted by Gasteiger charge is -2.08. The molecule has 0 spiro atoms. The van der Waals surface area contributed by atoms with Gasteiger partial charge in [0.05, 0.1) is 5.02 Å². The van der Waals surface area contributed by atoms with E-state index in [1.165, 1.54) is 6.07 Å². The van der Waals surface area contributed by atoms with E-state index in [1.807, 2.05) is 31.2 Å². The van der Waals surface area contributed by atoms with Crippen LogP contribution in [0.5, 0.6) is 0 Å². The van der Waals surface area contributed by atoms with Gasteiger partial charge in [-0.1, -0.05) is 35.9 Å². The van der Waals surface area contributed by atoms with Crippen molar-refractivity contribution in [2.45, 2.75) is 13.5 Å².